The molecule has 0 aliphatic carbocycles. The molecule has 124 valence electrons. The maximum absolute atomic E-state index is 13.9. The van der Waals surface area contributed by atoms with Gasteiger partial charge in [0.1, 0.15) is 10.7 Å². The first-order valence-electron chi connectivity index (χ1n) is 6.76. The van der Waals surface area contributed by atoms with Crippen molar-refractivity contribution in [2.45, 2.75) is 4.90 Å². The van der Waals surface area contributed by atoms with Gasteiger partial charge in [-0.2, -0.15) is 5.10 Å². The van der Waals surface area contributed by atoms with Crippen molar-refractivity contribution < 1.29 is 22.7 Å². The lowest BCUT2D eigenvalue weighted by molar-refractivity contribution is 0.0696. The van der Waals surface area contributed by atoms with E-state index < -0.39 is 26.7 Å². The number of sulfonamides is 1. The third kappa shape index (κ3) is 2.69. The summed E-state index contributed by atoms with van der Waals surface area (Å²) >= 11 is 0. The highest BCUT2D eigenvalue weighted by Gasteiger charge is 2.22. The Balaban J connectivity index is 2.08. The number of aromatic nitrogens is 2. The lowest BCUT2D eigenvalue weighted by Gasteiger charge is -2.10. The van der Waals surface area contributed by atoms with Gasteiger partial charge in [0.15, 0.2) is 0 Å². The Morgan fingerprint density at radius 1 is 1.29 bits per heavy atom. The first-order valence-corrected chi connectivity index (χ1v) is 8.24. The van der Waals surface area contributed by atoms with Gasteiger partial charge < -0.3 is 5.11 Å². The van der Waals surface area contributed by atoms with Crippen molar-refractivity contribution in [1.82, 2.24) is 9.78 Å². The van der Waals surface area contributed by atoms with Crippen LogP contribution >= 0.6 is 0 Å². The lowest BCUT2D eigenvalue weighted by Crippen LogP contribution is -2.15. The molecule has 0 saturated heterocycles. The quantitative estimate of drug-likeness (QED) is 0.752. The molecule has 0 saturated carbocycles. The number of aryl methyl sites for hydroxylation is 1. The molecule has 3 aromatic rings. The van der Waals surface area contributed by atoms with Crippen LogP contribution in [0.4, 0.5) is 10.1 Å². The first-order chi connectivity index (χ1) is 11.3. The number of benzene rings is 2. The molecule has 2 aromatic carbocycles. The number of nitrogens with one attached hydrogen (secondary N) is 1. The number of carbonyl (C=O) groups is 1. The van der Waals surface area contributed by atoms with Gasteiger partial charge in [-0.15, -0.1) is 0 Å². The molecule has 0 radical (unpaired) electrons. The fraction of sp³-hybridized carbons (Fsp3) is 0.0667. The average Bonchev–Trinajstić information content (AvgIpc) is 2.90. The van der Waals surface area contributed by atoms with E-state index in [1.807, 2.05) is 0 Å². The number of hydrogen-bond donors (Lipinski definition) is 2. The average molecular weight is 349 g/mol. The number of carboxylic acids is 1. The highest BCUT2D eigenvalue weighted by molar-refractivity contribution is 7.92. The summed E-state index contributed by atoms with van der Waals surface area (Å²) in [5, 5.41) is 13.5. The molecule has 1 aromatic heterocycles. The fourth-order valence-corrected chi connectivity index (χ4v) is 3.49. The summed E-state index contributed by atoms with van der Waals surface area (Å²) in [5.74, 6) is -2.38. The summed E-state index contributed by atoms with van der Waals surface area (Å²) in [6.07, 6.45) is 1.48. The molecule has 0 spiro atoms. The van der Waals surface area contributed by atoms with Crippen LogP contribution in [0.5, 0.6) is 0 Å². The largest absolute Gasteiger partial charge is 0.478 e. The Morgan fingerprint density at radius 3 is 2.75 bits per heavy atom. The van der Waals surface area contributed by atoms with Gasteiger partial charge in [0, 0.05) is 12.4 Å². The van der Waals surface area contributed by atoms with E-state index in [1.54, 1.807) is 23.9 Å². The Hall–Kier alpha value is -2.94. The van der Waals surface area contributed by atoms with E-state index in [9.17, 15) is 17.6 Å². The summed E-state index contributed by atoms with van der Waals surface area (Å²) in [6, 6.07) is 7.49. The number of anilines is 1. The molecule has 0 aliphatic rings. The van der Waals surface area contributed by atoms with E-state index in [4.69, 9.17) is 5.11 Å². The summed E-state index contributed by atoms with van der Waals surface area (Å²) in [4.78, 5) is 10.2. The Bertz CT molecular complexity index is 1060. The van der Waals surface area contributed by atoms with Crippen molar-refractivity contribution in [3.8, 4) is 0 Å². The van der Waals surface area contributed by atoms with Crippen molar-refractivity contribution in [2.24, 2.45) is 7.05 Å². The van der Waals surface area contributed by atoms with E-state index in [2.05, 4.69) is 9.82 Å². The van der Waals surface area contributed by atoms with Gasteiger partial charge >= 0.3 is 5.97 Å². The van der Waals surface area contributed by atoms with Gasteiger partial charge in [-0.25, -0.2) is 17.6 Å². The minimum atomic E-state index is -4.31. The van der Waals surface area contributed by atoms with E-state index in [0.717, 1.165) is 18.2 Å². The molecule has 0 unspecified atom stereocenters. The van der Waals surface area contributed by atoms with E-state index in [0.29, 0.717) is 10.9 Å². The molecule has 0 atom stereocenters. The van der Waals surface area contributed by atoms with Gasteiger partial charge in [0.2, 0.25) is 0 Å². The second-order valence-electron chi connectivity index (χ2n) is 5.06. The normalized spacial score (nSPS) is 11.6. The minimum absolute atomic E-state index is 0.223. The third-order valence-corrected chi connectivity index (χ3v) is 4.88. The number of carboxylic acid groups (broad SMARTS) is 1. The molecule has 0 amide bonds. The Morgan fingerprint density at radius 2 is 2.04 bits per heavy atom. The van der Waals surface area contributed by atoms with Gasteiger partial charge in [0.25, 0.3) is 10.0 Å². The maximum Gasteiger partial charge on any atom is 0.335 e. The van der Waals surface area contributed by atoms with Crippen molar-refractivity contribution in [3.05, 3.63) is 54.0 Å². The monoisotopic (exact) mass is 349 g/mol. The van der Waals surface area contributed by atoms with Crippen LogP contribution < -0.4 is 4.72 Å². The number of hydrogen-bond acceptors (Lipinski definition) is 4. The van der Waals surface area contributed by atoms with Crippen molar-refractivity contribution >= 4 is 32.6 Å². The zero-order valence-corrected chi connectivity index (χ0v) is 13.2. The van der Waals surface area contributed by atoms with Crippen molar-refractivity contribution in [2.75, 3.05) is 4.72 Å². The first kappa shape index (κ1) is 15.9. The van der Waals surface area contributed by atoms with E-state index in [-0.39, 0.29) is 11.3 Å². The minimum Gasteiger partial charge on any atom is -0.478 e. The van der Waals surface area contributed by atoms with Crippen LogP contribution in [0.25, 0.3) is 10.9 Å². The van der Waals surface area contributed by atoms with Crippen LogP contribution in [-0.2, 0) is 17.1 Å². The molecular weight excluding hydrogens is 337 g/mol. The van der Waals surface area contributed by atoms with Gasteiger partial charge in [-0.05, 0) is 30.3 Å². The topological polar surface area (TPSA) is 101 Å². The molecule has 24 heavy (non-hydrogen) atoms. The number of halogens is 1. The summed E-state index contributed by atoms with van der Waals surface area (Å²) in [5.41, 5.74) is 0.590. The van der Waals surface area contributed by atoms with Crippen LogP contribution in [0.2, 0.25) is 0 Å². The molecule has 0 aliphatic heterocycles. The predicted octanol–water partition coefficient (Wildman–Crippen LogP) is 2.21. The molecule has 0 bridgehead atoms. The molecule has 3 rings (SSSR count). The van der Waals surface area contributed by atoms with Crippen LogP contribution in [0.15, 0.2) is 47.5 Å². The third-order valence-electron chi connectivity index (χ3n) is 3.50. The maximum atomic E-state index is 13.9. The summed E-state index contributed by atoms with van der Waals surface area (Å²) < 4.78 is 42.7. The number of rotatable bonds is 4. The summed E-state index contributed by atoms with van der Waals surface area (Å²) in [7, 11) is -2.60. The highest BCUT2D eigenvalue weighted by atomic mass is 32.2. The molecule has 0 fully saturated rings. The zero-order valence-electron chi connectivity index (χ0n) is 12.4. The Kier molecular flexibility index (Phi) is 3.72. The SMILES string of the molecule is Cn1ncc2c(NS(=O)(=O)c3cc(C(=O)O)ccc3F)cccc21. The Labute approximate surface area is 136 Å². The predicted molar refractivity (Wildman–Crippen MR) is 84.9 cm³/mol. The number of fused-ring (bicyclic) bond motifs is 1. The van der Waals surface area contributed by atoms with Crippen molar-refractivity contribution in [1.29, 1.82) is 0 Å². The van der Waals surface area contributed by atoms with E-state index >= 15 is 0 Å². The molecule has 1 heterocycles. The highest BCUT2D eigenvalue weighted by Crippen LogP contribution is 2.26. The van der Waals surface area contributed by atoms with Crippen LogP contribution in [-0.4, -0.2) is 29.3 Å². The molecule has 2 N–H and O–H groups in total. The van der Waals surface area contributed by atoms with Gasteiger partial charge in [-0.1, -0.05) is 6.07 Å². The lowest BCUT2D eigenvalue weighted by atomic mass is 10.2. The van der Waals surface area contributed by atoms with Crippen LogP contribution in [0, 0.1) is 5.82 Å². The second-order valence-corrected chi connectivity index (χ2v) is 6.71. The second kappa shape index (κ2) is 5.60. The van der Waals surface area contributed by atoms with E-state index in [1.165, 1.54) is 12.3 Å². The van der Waals surface area contributed by atoms with Crippen LogP contribution in [0.3, 0.4) is 0 Å². The molecule has 7 nitrogen and oxygen atoms in total. The van der Waals surface area contributed by atoms with Crippen LogP contribution in [0.1, 0.15) is 10.4 Å². The van der Waals surface area contributed by atoms with Gasteiger partial charge in [-0.3, -0.25) is 9.40 Å². The standard InChI is InChI=1S/C15H12FN3O4S/c1-19-13-4-2-3-12(10(13)8-17-19)18-24(22,23)14-7-9(15(20)21)5-6-11(14)16/h2-8,18H,1H3,(H,20,21). The van der Waals surface area contributed by atoms with Crippen molar-refractivity contribution in [3.63, 3.8) is 0 Å². The molecular formula is C15H12FN3O4S. The number of aromatic carboxylic acids is 1. The molecule has 9 heteroatoms. The summed E-state index contributed by atoms with van der Waals surface area (Å²) in [6.45, 7) is 0. The zero-order chi connectivity index (χ0) is 17.5. The van der Waals surface area contributed by atoms with Gasteiger partial charge in [0.05, 0.1) is 23.0 Å². The number of nitrogens with zero attached hydrogens (tertiary/aromatic N) is 2. The smallest absolute Gasteiger partial charge is 0.335 e. The fourth-order valence-electron chi connectivity index (χ4n) is 2.31.